The fraction of sp³-hybridized carbons (Fsp3) is 0.455. The molecule has 4 atom stereocenters. The van der Waals surface area contributed by atoms with Gasteiger partial charge in [0.05, 0.1) is 38.5 Å². The van der Waals surface area contributed by atoms with E-state index in [0.29, 0.717) is 55.0 Å². The van der Waals surface area contributed by atoms with Crippen molar-refractivity contribution in [3.63, 3.8) is 0 Å². The van der Waals surface area contributed by atoms with Gasteiger partial charge in [-0.3, -0.25) is 0 Å². The van der Waals surface area contributed by atoms with Crippen molar-refractivity contribution in [2.45, 2.75) is 63.0 Å². The number of hydrogen-bond donors (Lipinski definition) is 2. The predicted octanol–water partition coefficient (Wildman–Crippen LogP) is 3.94. The Morgan fingerprint density at radius 2 is 2.04 bits per heavy atom. The monoisotopic (exact) mass is 649 g/mol. The number of carbonyl (C=O) groups is 1. The van der Waals surface area contributed by atoms with Crippen molar-refractivity contribution in [1.29, 1.82) is 0 Å². The number of morpholine rings is 1. The van der Waals surface area contributed by atoms with Gasteiger partial charge in [-0.15, -0.1) is 0 Å². The molecule has 0 saturated carbocycles. The second-order valence-electron chi connectivity index (χ2n) is 12.1. The Bertz CT molecular complexity index is 1890. The van der Waals surface area contributed by atoms with Crippen molar-refractivity contribution >= 4 is 39.5 Å². The molecule has 1 spiro atoms. The molecule has 3 aromatic heterocycles. The van der Waals surface area contributed by atoms with Crippen LogP contribution >= 0.6 is 0 Å². The zero-order valence-corrected chi connectivity index (χ0v) is 25.7. The van der Waals surface area contributed by atoms with E-state index in [1.54, 1.807) is 37.4 Å². The largest absolute Gasteiger partial charge is 0.480 e. The number of fused-ring (bicyclic) bond motifs is 3. The smallest absolute Gasteiger partial charge is 0.326 e. The van der Waals surface area contributed by atoms with Crippen LogP contribution in [-0.4, -0.2) is 93.9 Å². The molecule has 0 radical (unpaired) electrons. The lowest BCUT2D eigenvalue weighted by Gasteiger charge is -2.53. The average Bonchev–Trinajstić information content (AvgIpc) is 3.62. The minimum atomic E-state index is -2.99. The van der Waals surface area contributed by atoms with Crippen LogP contribution in [0.15, 0.2) is 40.9 Å². The highest BCUT2D eigenvalue weighted by Gasteiger charge is 2.50. The molecule has 3 fully saturated rings. The maximum absolute atomic E-state index is 14.0. The summed E-state index contributed by atoms with van der Waals surface area (Å²) in [7, 11) is 0. The summed E-state index contributed by atoms with van der Waals surface area (Å²) in [6.07, 6.45) is -2.37. The molecule has 1 aromatic carbocycles. The van der Waals surface area contributed by atoms with Crippen LogP contribution in [0.1, 0.15) is 44.5 Å². The number of ether oxygens (including phenoxy) is 3. The summed E-state index contributed by atoms with van der Waals surface area (Å²) in [5.74, 6) is 4.36. The van der Waals surface area contributed by atoms with E-state index in [1.807, 2.05) is 13.0 Å². The first-order chi connectivity index (χ1) is 22.6. The van der Waals surface area contributed by atoms with Gasteiger partial charge in [0, 0.05) is 36.5 Å². The minimum Gasteiger partial charge on any atom is -0.480 e. The number of rotatable bonds is 7. The van der Waals surface area contributed by atoms with Gasteiger partial charge in [-0.05, 0) is 32.0 Å². The first-order valence-electron chi connectivity index (χ1n) is 15.4. The predicted molar refractivity (Wildman–Crippen MR) is 166 cm³/mol. The van der Waals surface area contributed by atoms with Crippen LogP contribution in [0, 0.1) is 11.8 Å². The zero-order valence-electron chi connectivity index (χ0n) is 25.7. The molecule has 47 heavy (non-hydrogen) atoms. The number of carboxylic acids is 1. The third-order valence-corrected chi connectivity index (χ3v) is 8.93. The first kappa shape index (κ1) is 31.0. The molecule has 4 aromatic rings. The number of hydrogen-bond acceptors (Lipinski definition) is 11. The van der Waals surface area contributed by atoms with Crippen LogP contribution < -0.4 is 14.5 Å². The van der Waals surface area contributed by atoms with Crippen LogP contribution in [0.3, 0.4) is 0 Å². The van der Waals surface area contributed by atoms with E-state index in [-0.39, 0.29) is 41.8 Å². The maximum Gasteiger partial charge on any atom is 0.326 e. The van der Waals surface area contributed by atoms with Gasteiger partial charge < -0.3 is 38.6 Å². The lowest BCUT2D eigenvalue weighted by Crippen LogP contribution is -2.68. The number of anilines is 2. The second kappa shape index (κ2) is 12.2. The highest BCUT2D eigenvalue weighted by Crippen LogP contribution is 2.41. The van der Waals surface area contributed by atoms with E-state index in [1.165, 1.54) is 4.90 Å². The van der Waals surface area contributed by atoms with Gasteiger partial charge in [0.15, 0.2) is 17.2 Å². The van der Waals surface area contributed by atoms with Gasteiger partial charge in [-0.25, -0.2) is 28.5 Å². The quantitative estimate of drug-likeness (QED) is 0.280. The number of aliphatic carboxylic acids is 1. The number of aliphatic hydroxyl groups excluding tert-OH is 1. The standard InChI is InChI=1S/C33H33F2N5O7/c1-18(41)6-5-7-20-12-23(39-10-11-45-33(19(39)2)16-44-17-33)31(36-14-20)46-21-13-24(32(42)43)40(15-21)30-27-26(37-29(38-30)28(34)35)22-8-3-4-9-25(22)47-27/h3-4,8-9,12,14,18-19,21,24,28,41H,6,10-11,13,15-17H2,1-2H3,(H,42,43)/t18?,19-,21-,24-/m0/s1. The fourth-order valence-electron chi connectivity index (χ4n) is 6.40. The number of benzene rings is 1. The van der Waals surface area contributed by atoms with Crippen LogP contribution in [0.25, 0.3) is 22.1 Å². The minimum absolute atomic E-state index is 0.0102. The highest BCUT2D eigenvalue weighted by atomic mass is 19.3. The number of aliphatic hydroxyl groups is 1. The van der Waals surface area contributed by atoms with Crippen molar-refractivity contribution in [3.8, 4) is 17.7 Å². The van der Waals surface area contributed by atoms with Gasteiger partial charge in [0.2, 0.25) is 5.88 Å². The van der Waals surface area contributed by atoms with Gasteiger partial charge >= 0.3 is 5.97 Å². The van der Waals surface area contributed by atoms with E-state index in [0.717, 1.165) is 0 Å². The lowest BCUT2D eigenvalue weighted by molar-refractivity contribution is -0.228. The Balaban J connectivity index is 1.24. The fourth-order valence-corrected chi connectivity index (χ4v) is 6.40. The van der Waals surface area contributed by atoms with Gasteiger partial charge in [-0.2, -0.15) is 0 Å². The molecule has 0 amide bonds. The molecule has 3 saturated heterocycles. The highest BCUT2D eigenvalue weighted by molar-refractivity contribution is 6.06. The summed E-state index contributed by atoms with van der Waals surface area (Å²) in [6.45, 7) is 5.62. The Morgan fingerprint density at radius 1 is 1.23 bits per heavy atom. The lowest BCUT2D eigenvalue weighted by atomic mass is 9.90. The van der Waals surface area contributed by atoms with Crippen LogP contribution in [-0.2, 0) is 14.3 Å². The number of para-hydroxylation sites is 1. The van der Waals surface area contributed by atoms with Crippen molar-refractivity contribution in [1.82, 2.24) is 15.0 Å². The van der Waals surface area contributed by atoms with Crippen LogP contribution in [0.2, 0.25) is 0 Å². The summed E-state index contributed by atoms with van der Waals surface area (Å²) in [5.41, 5.74) is 1.52. The number of furan rings is 1. The van der Waals surface area contributed by atoms with Crippen molar-refractivity contribution in [3.05, 3.63) is 47.9 Å². The van der Waals surface area contributed by atoms with Crippen LogP contribution in [0.5, 0.6) is 5.88 Å². The average molecular weight is 650 g/mol. The summed E-state index contributed by atoms with van der Waals surface area (Å²) < 4.78 is 52.1. The molecule has 0 aliphatic carbocycles. The molecule has 14 heteroatoms. The molecule has 0 bridgehead atoms. The van der Waals surface area contributed by atoms with E-state index < -0.39 is 42.1 Å². The van der Waals surface area contributed by atoms with E-state index in [4.69, 9.17) is 18.6 Å². The summed E-state index contributed by atoms with van der Waals surface area (Å²) in [6, 6.07) is 7.49. The van der Waals surface area contributed by atoms with Crippen molar-refractivity contribution < 1.29 is 42.4 Å². The molecular formula is C33H33F2N5O7. The number of alkyl halides is 2. The molecule has 246 valence electrons. The third kappa shape index (κ3) is 5.68. The Labute approximate surface area is 268 Å². The first-order valence-corrected chi connectivity index (χ1v) is 15.4. The SMILES string of the molecule is CC(O)CC#Cc1cnc(O[C@H]2C[C@@H](C(=O)O)N(c3nc(C(F)F)nc4c3oc3ccccc34)C2)c(N2CCOC3(COC3)[C@@H]2C)c1. The van der Waals surface area contributed by atoms with Gasteiger partial charge in [0.1, 0.15) is 34.5 Å². The molecule has 2 N–H and O–H groups in total. The third-order valence-electron chi connectivity index (χ3n) is 8.93. The summed E-state index contributed by atoms with van der Waals surface area (Å²) >= 11 is 0. The number of aromatic nitrogens is 3. The molecule has 7 rings (SSSR count). The van der Waals surface area contributed by atoms with Crippen molar-refractivity contribution in [2.75, 3.05) is 42.7 Å². The zero-order chi connectivity index (χ0) is 32.9. The number of halogens is 2. The summed E-state index contributed by atoms with van der Waals surface area (Å²) in [4.78, 5) is 28.9. The molecule has 1 unspecified atom stereocenters. The normalized spacial score (nSPS) is 22.8. The molecule has 12 nitrogen and oxygen atoms in total. The van der Waals surface area contributed by atoms with Crippen LogP contribution in [0.4, 0.5) is 20.3 Å². The molecule has 3 aliphatic rings. The Hall–Kier alpha value is -4.58. The topological polar surface area (TPSA) is 144 Å². The molecule has 6 heterocycles. The molecular weight excluding hydrogens is 616 g/mol. The maximum atomic E-state index is 14.0. The van der Waals surface area contributed by atoms with E-state index in [2.05, 4.69) is 31.7 Å². The van der Waals surface area contributed by atoms with Gasteiger partial charge in [-0.1, -0.05) is 24.0 Å². The summed E-state index contributed by atoms with van der Waals surface area (Å²) in [5, 5.41) is 20.4. The number of pyridine rings is 1. The van der Waals surface area contributed by atoms with E-state index in [9.17, 15) is 23.8 Å². The van der Waals surface area contributed by atoms with Gasteiger partial charge in [0.25, 0.3) is 6.43 Å². The van der Waals surface area contributed by atoms with E-state index >= 15 is 0 Å². The Kier molecular flexibility index (Phi) is 8.07. The number of nitrogens with zero attached hydrogens (tertiary/aromatic N) is 5. The second-order valence-corrected chi connectivity index (χ2v) is 12.1. The van der Waals surface area contributed by atoms with Crippen molar-refractivity contribution in [2.24, 2.45) is 0 Å². The Morgan fingerprint density at radius 3 is 2.77 bits per heavy atom. The molecule has 3 aliphatic heterocycles. The number of carboxylic acid groups (broad SMARTS) is 1.